The number of fused-ring (bicyclic) bond motifs is 9. The van der Waals surface area contributed by atoms with Crippen molar-refractivity contribution in [2.24, 2.45) is 0 Å². The number of halogens is 12. The van der Waals surface area contributed by atoms with Crippen LogP contribution in [0.15, 0.2) is 291 Å². The van der Waals surface area contributed by atoms with Crippen LogP contribution in [0.5, 0.6) is 0 Å². The van der Waals surface area contributed by atoms with Gasteiger partial charge in [0.25, 0.3) is 0 Å². The Morgan fingerprint density at radius 3 is 0.615 bits per heavy atom. The van der Waals surface area contributed by atoms with Crippen molar-refractivity contribution in [3.8, 4) is 66.8 Å². The molecule has 762 valence electrons. The van der Waals surface area contributed by atoms with E-state index in [-0.39, 0.29) is 0 Å². The first-order valence-corrected chi connectivity index (χ1v) is 91.4. The minimum atomic E-state index is -1.71. The Kier molecular flexibility index (Phi) is 47.7. The van der Waals surface area contributed by atoms with Gasteiger partial charge in [-0.15, -0.1) is 0 Å². The van der Waals surface area contributed by atoms with Crippen molar-refractivity contribution < 1.29 is 0 Å². The maximum Gasteiger partial charge on any atom is 0.119 e. The van der Waals surface area contributed by atoms with E-state index in [1.165, 1.54) is 194 Å². The van der Waals surface area contributed by atoms with Crippen LogP contribution >= 0.6 is 218 Å². The van der Waals surface area contributed by atoms with E-state index in [0.29, 0.717) is 0 Å². The summed E-state index contributed by atoms with van der Waals surface area (Å²) in [5, 5.41) is 19.8. The fourth-order valence-corrected chi connectivity index (χ4v) is 46.5. The predicted octanol–water partition coefficient (Wildman–Crippen LogP) is 38.8. The number of rotatable bonds is 29. The van der Waals surface area contributed by atoms with E-state index in [2.05, 4.69) is 583 Å². The van der Waals surface area contributed by atoms with Crippen LogP contribution in [-0.4, -0.2) is 72.7 Å². The summed E-state index contributed by atoms with van der Waals surface area (Å²) < 4.78 is 14.2. The van der Waals surface area contributed by atoms with Gasteiger partial charge in [-0.05, 0) is 341 Å². The zero-order valence-electron chi connectivity index (χ0n) is 89.4. The Hall–Kier alpha value is -1.43. The average Bonchev–Trinajstić information content (AvgIpc) is 1.56. The molecule has 13 aromatic carbocycles. The van der Waals surface area contributed by atoms with Crippen LogP contribution in [0.4, 0.5) is 0 Å². The molecule has 13 aromatic rings. The van der Waals surface area contributed by atoms with Crippen molar-refractivity contribution in [2.45, 2.75) is 286 Å². The lowest BCUT2D eigenvalue weighted by Crippen LogP contribution is -2.55. The van der Waals surface area contributed by atoms with E-state index in [0.717, 1.165) is 26.8 Å². The van der Waals surface area contributed by atoms with Crippen LogP contribution < -0.4 is 62.2 Å². The lowest BCUT2D eigenvalue weighted by atomic mass is 10.1. The topological polar surface area (TPSA) is 0 Å². The lowest BCUT2D eigenvalue weighted by molar-refractivity contribution is 0.684. The Morgan fingerprint density at radius 2 is 0.371 bits per heavy atom. The van der Waals surface area contributed by atoms with Gasteiger partial charge in [-0.3, -0.25) is 0 Å². The molecule has 3 aliphatic rings. The molecule has 0 bridgehead atoms. The van der Waals surface area contributed by atoms with Gasteiger partial charge < -0.3 is 0 Å². The Morgan fingerprint density at radius 1 is 0.189 bits per heavy atom. The van der Waals surface area contributed by atoms with Crippen LogP contribution in [0.1, 0.15) is 130 Å². The van der Waals surface area contributed by atoms with Gasteiger partial charge in [0.05, 0.1) is 48.4 Å². The van der Waals surface area contributed by atoms with Gasteiger partial charge in [-0.25, -0.2) is 0 Å². The second-order valence-corrected chi connectivity index (χ2v) is 101. The smallest absolute Gasteiger partial charge is 0.0656 e. The number of benzene rings is 13. The van der Waals surface area contributed by atoms with Gasteiger partial charge in [0.2, 0.25) is 0 Å². The van der Waals surface area contributed by atoms with Gasteiger partial charge in [0.15, 0.2) is 0 Å². The van der Waals surface area contributed by atoms with Crippen molar-refractivity contribution in [3.63, 3.8) is 0 Å². The van der Waals surface area contributed by atoms with Crippen molar-refractivity contribution >= 4 is 353 Å². The van der Waals surface area contributed by atoms with Gasteiger partial charge in [-0.2, -0.15) is 0 Å². The largest absolute Gasteiger partial charge is 0.119 e. The summed E-state index contributed by atoms with van der Waals surface area (Å²) in [4.78, 5) is 0. The quantitative estimate of drug-likeness (QED) is 0.0249. The predicted molar refractivity (Wildman–Crippen MR) is 731 cm³/mol. The van der Waals surface area contributed by atoms with Gasteiger partial charge in [-0.1, -0.05) is 546 Å². The van der Waals surface area contributed by atoms with Crippen LogP contribution in [0.2, 0.25) is 155 Å². The Labute approximate surface area is 996 Å². The van der Waals surface area contributed by atoms with E-state index >= 15 is 0 Å². The molecule has 0 unspecified atom stereocenters. The van der Waals surface area contributed by atoms with Crippen LogP contribution in [0, 0.1) is 14.3 Å². The highest BCUT2D eigenvalue weighted by Gasteiger charge is 2.47. The molecule has 0 N–H and O–H groups in total. The minimum absolute atomic E-state index is 1.10. The summed E-state index contributed by atoms with van der Waals surface area (Å²) in [6.45, 7) is 58.5. The molecule has 0 aliphatic carbocycles. The molecule has 21 heteroatoms. The number of hydrogen-bond acceptors (Lipinski definition) is 0. The van der Waals surface area contributed by atoms with E-state index in [4.69, 9.17) is 0 Å². The third-order valence-electron chi connectivity index (χ3n) is 28.6. The van der Waals surface area contributed by atoms with Crippen LogP contribution in [0.3, 0.4) is 0 Å². The Bertz CT molecular complexity index is 6090. The van der Waals surface area contributed by atoms with Gasteiger partial charge in [0.1, 0.15) is 24.2 Å². The first kappa shape index (κ1) is 123. The molecule has 0 radical (unpaired) electrons. The van der Waals surface area contributed by atoms with Gasteiger partial charge in [0, 0.05) is 50.1 Å². The maximum absolute atomic E-state index is 3.75. The zero-order chi connectivity index (χ0) is 105. The first-order valence-electron chi connectivity index (χ1n) is 51.9. The molecule has 143 heavy (non-hydrogen) atoms. The molecule has 0 amide bonds. The van der Waals surface area contributed by atoms with Crippen molar-refractivity contribution in [1.29, 1.82) is 0 Å². The summed E-state index contributed by atoms with van der Waals surface area (Å²) in [7, 11) is -12.7. The van der Waals surface area contributed by atoms with Crippen LogP contribution in [0.25, 0.3) is 66.8 Å². The van der Waals surface area contributed by atoms with Crippen molar-refractivity contribution in [2.75, 3.05) is 0 Å². The fourth-order valence-electron chi connectivity index (χ4n) is 20.0. The molecule has 0 aromatic heterocycles. The normalized spacial score (nSPS) is 13.3. The van der Waals surface area contributed by atoms with Crippen LogP contribution in [-0.2, 0) is 0 Å². The molecule has 0 fully saturated rings. The highest BCUT2D eigenvalue weighted by atomic mass is 127. The van der Waals surface area contributed by atoms with Gasteiger partial charge >= 0.3 is 0 Å². The summed E-state index contributed by atoms with van der Waals surface area (Å²) >= 11 is 38.1. The molecule has 16 rings (SSSR count). The zero-order valence-corrected chi connectivity index (χ0v) is 120. The highest BCUT2D eigenvalue weighted by molar-refractivity contribution is 14.1. The summed E-state index contributed by atoms with van der Waals surface area (Å²) in [5.41, 5.74) is 17.0. The molecule has 3 aliphatic heterocycles. The summed E-state index contributed by atoms with van der Waals surface area (Å²) in [6.07, 6.45) is 22.1. The molecular weight excluding hydrogens is 2860 g/mol. The highest BCUT2D eigenvalue weighted by Crippen LogP contribution is 2.43. The lowest BCUT2D eigenvalue weighted by Gasteiger charge is -2.31. The molecule has 0 saturated heterocycles. The standard InChI is InChI=1S/C30H50Si3.C24H32I2Si.C20H30Si3.C18H24Br2Si2.C12H6Br2I2.C12H8Br2.C6H4Br2/c1-9-11-13-15-21-33(22-16-14-12-10-2)29-19-17-25(31(3,4)5)23-27(29)28-24-26(32(6,7)8)18-20-30(28)33;1-3-5-7-9-15-27(16-10-8-6-4-2)23-13-11-19(25)17-21(23)22-18-20(26)12-14-24(22)27;1-21(2,3)15-9-11-19-17(13-15)18-14-16(22(4,5)6)10-12-20(18)23(19,7)8;1-21(2,3)13-7-9-17(19)15(11-13)16-12-14(22(4,5)6)8-10-18(16)20;13-11-3-1-7(15)5-9(11)10-6-8(16)2-4-12(10)14;13-11-7-3-1-5-9(11)10-6-2-4-8-12(10)14;7-5-3-1-2-4-6(5)8/h17-20,23-24H,9-16,21-22H2,1-8H3;11-14,17-18H,3-10,15-16H2,1-2H3;9-14H,1-8H3;7-12H,1-6H3;1-6H;1-8H;1-4H. The number of unbranched alkanes of at least 4 members (excludes halogenated alkanes) is 12. The molecular formula is C122H154Br8I4Si9. The molecule has 3 heterocycles. The monoisotopic (exact) mass is 3010 g/mol. The second-order valence-electron chi connectivity index (χ2n) is 46.0. The Balaban J connectivity index is 0.000000176. The molecule has 0 atom stereocenters. The summed E-state index contributed by atoms with van der Waals surface area (Å²) in [5.74, 6) is 0. The molecule has 0 nitrogen and oxygen atoms in total. The van der Waals surface area contributed by atoms with E-state index < -0.39 is 72.7 Å². The van der Waals surface area contributed by atoms with E-state index in [1.54, 1.807) is 85.2 Å². The third kappa shape index (κ3) is 33.1. The number of hydrogen-bond donors (Lipinski definition) is 0. The fraction of sp³-hybridized carbons (Fsp3) is 0.361. The molecule has 0 saturated carbocycles. The summed E-state index contributed by atoms with van der Waals surface area (Å²) in [6, 6.07) is 102. The second kappa shape index (κ2) is 55.3. The average molecular weight is 3020 g/mol. The van der Waals surface area contributed by atoms with Crippen molar-refractivity contribution in [3.05, 3.63) is 305 Å². The van der Waals surface area contributed by atoms with Crippen molar-refractivity contribution in [1.82, 2.24) is 0 Å². The third-order valence-corrected chi connectivity index (χ3v) is 63.8. The first-order chi connectivity index (χ1) is 67.2. The van der Waals surface area contributed by atoms with E-state index in [1.807, 2.05) is 48.5 Å². The minimum Gasteiger partial charge on any atom is -0.0656 e. The van der Waals surface area contributed by atoms with E-state index in [9.17, 15) is 0 Å². The molecule has 0 spiro atoms. The SMILES string of the molecule is Brc1ccc(I)cc1-c1cc(I)ccc1Br.Brc1ccccc1-c1ccccc1Br.Brc1ccccc1Br.CCCCCC[Si]1(CCCCCC)c2ccc(I)cc2-c2cc(I)ccc21.CCCCCC[Si]1(CCCCCC)c2ccc([Si](C)(C)C)cc2-c2cc([Si](C)(C)C)ccc21.C[Si](C)(C)c1ccc(Br)c(-c2cc([Si](C)(C)C)ccc2Br)c1.C[Si](C)(C)c1ccc2c(c1)-c1cc([Si](C)(C)C)ccc1[Si]2(C)C. The maximum atomic E-state index is 3.75.